The summed E-state index contributed by atoms with van der Waals surface area (Å²) >= 11 is 0. The van der Waals surface area contributed by atoms with E-state index in [-0.39, 0.29) is 17.0 Å². The molecule has 0 radical (unpaired) electrons. The van der Waals surface area contributed by atoms with E-state index in [1.165, 1.54) is 6.07 Å². The summed E-state index contributed by atoms with van der Waals surface area (Å²) in [5.41, 5.74) is 4.26. The van der Waals surface area contributed by atoms with Gasteiger partial charge in [-0.15, -0.1) is 0 Å². The number of carbonyl (C=O) groups is 1. The number of hydrogen-bond acceptors (Lipinski definition) is 6. The standard InChI is InChI=1S/C27H25N3O4/c1-15-10-20(16(2)30-23-7-5-4-6-19(23)27(32)33)26-21(11-15)24(31)13-25(34-26)17-8-9-22(28)18(12-17)14-29-3/h4-14,16,28-30H,1-3H3,(H,32,33)/b18-14-,28-22?. The summed E-state index contributed by atoms with van der Waals surface area (Å²) in [5.74, 6) is -0.628. The highest BCUT2D eigenvalue weighted by Gasteiger charge is 2.19. The highest BCUT2D eigenvalue weighted by Crippen LogP contribution is 2.31. The van der Waals surface area contributed by atoms with E-state index in [2.05, 4.69) is 10.6 Å². The summed E-state index contributed by atoms with van der Waals surface area (Å²) in [6.45, 7) is 3.80. The fraction of sp³-hybridized carbons (Fsp3) is 0.148. The molecule has 0 spiro atoms. The van der Waals surface area contributed by atoms with Crippen LogP contribution in [-0.4, -0.2) is 23.8 Å². The van der Waals surface area contributed by atoms with Gasteiger partial charge in [0.05, 0.1) is 22.7 Å². The third kappa shape index (κ3) is 4.41. The monoisotopic (exact) mass is 455 g/mol. The van der Waals surface area contributed by atoms with Crippen molar-refractivity contribution in [2.45, 2.75) is 19.9 Å². The number of rotatable bonds is 6. The van der Waals surface area contributed by atoms with Crippen molar-refractivity contribution in [1.29, 1.82) is 5.41 Å². The summed E-state index contributed by atoms with van der Waals surface area (Å²) in [4.78, 5) is 24.7. The van der Waals surface area contributed by atoms with Crippen molar-refractivity contribution in [3.05, 3.63) is 105 Å². The van der Waals surface area contributed by atoms with Crippen molar-refractivity contribution < 1.29 is 14.3 Å². The van der Waals surface area contributed by atoms with Gasteiger partial charge in [-0.1, -0.05) is 18.2 Å². The molecule has 4 N–H and O–H groups in total. The van der Waals surface area contributed by atoms with Gasteiger partial charge < -0.3 is 25.6 Å². The predicted molar refractivity (Wildman–Crippen MR) is 135 cm³/mol. The zero-order valence-electron chi connectivity index (χ0n) is 19.1. The number of anilines is 1. The number of aryl methyl sites for hydroxylation is 1. The largest absolute Gasteiger partial charge is 0.478 e. The Morgan fingerprint density at radius 1 is 1.18 bits per heavy atom. The molecule has 0 saturated carbocycles. The van der Waals surface area contributed by atoms with E-state index in [0.717, 1.165) is 11.1 Å². The number of fused-ring (bicyclic) bond motifs is 1. The minimum absolute atomic E-state index is 0.164. The maximum atomic E-state index is 13.1. The normalized spacial score (nSPS) is 15.3. The molecule has 1 aromatic heterocycles. The van der Waals surface area contributed by atoms with Crippen LogP contribution in [0.3, 0.4) is 0 Å². The molecule has 4 rings (SSSR count). The number of nitrogens with one attached hydrogen (secondary N) is 3. The molecule has 1 aliphatic carbocycles. The van der Waals surface area contributed by atoms with E-state index < -0.39 is 5.97 Å². The van der Waals surface area contributed by atoms with Crippen molar-refractivity contribution in [2.24, 2.45) is 0 Å². The molecule has 34 heavy (non-hydrogen) atoms. The smallest absolute Gasteiger partial charge is 0.337 e. The number of para-hydroxylation sites is 1. The second kappa shape index (κ2) is 9.23. The van der Waals surface area contributed by atoms with Gasteiger partial charge in [0, 0.05) is 41.7 Å². The molecule has 3 aromatic rings. The van der Waals surface area contributed by atoms with Crippen LogP contribution < -0.4 is 16.1 Å². The SMILES string of the molecule is CN/C=C1/C=C(c2cc(=O)c3cc(C)cc(C(C)Nc4ccccc4C(=O)O)c3o2)C=CC1=N. The zero-order chi connectivity index (χ0) is 24.4. The lowest BCUT2D eigenvalue weighted by Gasteiger charge is -2.19. The van der Waals surface area contributed by atoms with E-state index in [4.69, 9.17) is 9.83 Å². The third-order valence-electron chi connectivity index (χ3n) is 5.63. The molecule has 0 amide bonds. The van der Waals surface area contributed by atoms with Crippen LogP contribution in [0.5, 0.6) is 0 Å². The molecule has 1 heterocycles. The lowest BCUT2D eigenvalue weighted by Crippen LogP contribution is -2.13. The Balaban J connectivity index is 1.83. The molecule has 0 saturated heterocycles. The van der Waals surface area contributed by atoms with Gasteiger partial charge in [0.2, 0.25) is 0 Å². The molecule has 2 aromatic carbocycles. The van der Waals surface area contributed by atoms with Crippen LogP contribution in [0.4, 0.5) is 5.69 Å². The molecule has 7 nitrogen and oxygen atoms in total. The van der Waals surface area contributed by atoms with E-state index in [0.29, 0.717) is 39.3 Å². The van der Waals surface area contributed by atoms with E-state index >= 15 is 0 Å². The number of benzene rings is 2. The highest BCUT2D eigenvalue weighted by molar-refractivity contribution is 6.12. The fourth-order valence-corrected chi connectivity index (χ4v) is 4.00. The number of aromatic carboxylic acids is 1. The molecular weight excluding hydrogens is 430 g/mol. The Morgan fingerprint density at radius 2 is 1.94 bits per heavy atom. The quantitative estimate of drug-likeness (QED) is 0.413. The van der Waals surface area contributed by atoms with Crippen molar-refractivity contribution >= 4 is 33.9 Å². The first-order valence-electron chi connectivity index (χ1n) is 10.8. The summed E-state index contributed by atoms with van der Waals surface area (Å²) in [7, 11) is 1.76. The predicted octanol–water partition coefficient (Wildman–Crippen LogP) is 5.05. The molecule has 0 fully saturated rings. The summed E-state index contributed by atoms with van der Waals surface area (Å²) in [6.07, 6.45) is 6.91. The van der Waals surface area contributed by atoms with Crippen molar-refractivity contribution in [3.8, 4) is 0 Å². The molecule has 1 atom stereocenters. The van der Waals surface area contributed by atoms with Gasteiger partial charge in [0.15, 0.2) is 5.43 Å². The van der Waals surface area contributed by atoms with Gasteiger partial charge in [-0.05, 0) is 55.8 Å². The number of allylic oxidation sites excluding steroid dienone is 5. The van der Waals surface area contributed by atoms with Gasteiger partial charge in [-0.25, -0.2) is 4.79 Å². The molecule has 7 heteroatoms. The number of carboxylic acids is 1. The second-order valence-corrected chi connectivity index (χ2v) is 8.16. The Hall–Kier alpha value is -4.39. The fourth-order valence-electron chi connectivity index (χ4n) is 4.00. The summed E-state index contributed by atoms with van der Waals surface area (Å²) in [6, 6.07) is 11.5. The number of hydrogen-bond donors (Lipinski definition) is 4. The highest BCUT2D eigenvalue weighted by atomic mass is 16.4. The Morgan fingerprint density at radius 3 is 2.68 bits per heavy atom. The second-order valence-electron chi connectivity index (χ2n) is 8.16. The molecule has 1 aliphatic rings. The third-order valence-corrected chi connectivity index (χ3v) is 5.63. The average Bonchev–Trinajstić information content (AvgIpc) is 2.80. The van der Waals surface area contributed by atoms with Crippen LogP contribution in [0.1, 0.15) is 40.2 Å². The lowest BCUT2D eigenvalue weighted by molar-refractivity contribution is 0.0698. The van der Waals surface area contributed by atoms with Crippen molar-refractivity contribution in [2.75, 3.05) is 12.4 Å². The van der Waals surface area contributed by atoms with Crippen LogP contribution in [-0.2, 0) is 0 Å². The molecule has 172 valence electrons. The van der Waals surface area contributed by atoms with Gasteiger partial charge >= 0.3 is 5.97 Å². The van der Waals surface area contributed by atoms with Crippen LogP contribution in [0.15, 0.2) is 81.7 Å². The Bertz CT molecular complexity index is 1460. The lowest BCUT2D eigenvalue weighted by atomic mass is 9.97. The summed E-state index contributed by atoms with van der Waals surface area (Å²) in [5, 5.41) is 24.2. The first kappa shape index (κ1) is 22.8. The molecule has 0 aliphatic heterocycles. The Labute approximate surface area is 196 Å². The topological polar surface area (TPSA) is 115 Å². The minimum Gasteiger partial charge on any atom is -0.478 e. The summed E-state index contributed by atoms with van der Waals surface area (Å²) < 4.78 is 6.27. The van der Waals surface area contributed by atoms with Gasteiger partial charge in [0.1, 0.15) is 11.3 Å². The zero-order valence-corrected chi connectivity index (χ0v) is 19.1. The van der Waals surface area contributed by atoms with Gasteiger partial charge in [-0.2, -0.15) is 0 Å². The molecular formula is C27H25N3O4. The average molecular weight is 456 g/mol. The van der Waals surface area contributed by atoms with Crippen LogP contribution in [0, 0.1) is 12.3 Å². The van der Waals surface area contributed by atoms with E-state index in [1.807, 2.05) is 19.9 Å². The van der Waals surface area contributed by atoms with Gasteiger partial charge in [0.25, 0.3) is 0 Å². The van der Waals surface area contributed by atoms with E-state index in [1.54, 1.807) is 61.8 Å². The Kier molecular flexibility index (Phi) is 6.19. The maximum Gasteiger partial charge on any atom is 0.337 e. The first-order valence-corrected chi connectivity index (χ1v) is 10.8. The van der Waals surface area contributed by atoms with E-state index in [9.17, 15) is 14.7 Å². The van der Waals surface area contributed by atoms with Gasteiger partial charge in [-0.3, -0.25) is 4.79 Å². The first-order chi connectivity index (χ1) is 16.3. The molecule has 0 bridgehead atoms. The van der Waals surface area contributed by atoms with Crippen molar-refractivity contribution in [1.82, 2.24) is 5.32 Å². The van der Waals surface area contributed by atoms with Crippen LogP contribution >= 0.6 is 0 Å². The molecule has 1 unspecified atom stereocenters. The maximum absolute atomic E-state index is 13.1. The number of carboxylic acid groups (broad SMARTS) is 1. The van der Waals surface area contributed by atoms with Crippen molar-refractivity contribution in [3.63, 3.8) is 0 Å². The minimum atomic E-state index is -1.02. The van der Waals surface area contributed by atoms with Crippen LogP contribution in [0.2, 0.25) is 0 Å². The van der Waals surface area contributed by atoms with Crippen LogP contribution in [0.25, 0.3) is 16.5 Å².